The summed E-state index contributed by atoms with van der Waals surface area (Å²) in [5, 5.41) is 6.16. The molecule has 0 bridgehead atoms. The van der Waals surface area contributed by atoms with Crippen LogP contribution < -0.4 is 15.5 Å². The molecule has 162 valence electrons. The largest absolute Gasteiger partial charge is 0.359 e. The third-order valence-electron chi connectivity index (χ3n) is 5.65. The van der Waals surface area contributed by atoms with Crippen molar-refractivity contribution in [3.05, 3.63) is 23.9 Å². The molecule has 3 rings (SSSR count). The number of aliphatic imine (C=N–C) groups is 1. The topological polar surface area (TPSA) is 72.9 Å². The smallest absolute Gasteiger partial charge is 0.220 e. The molecular weight excluding hydrogens is 479 g/mol. The zero-order chi connectivity index (χ0) is 19.8. The van der Waals surface area contributed by atoms with Crippen LogP contribution in [0.15, 0.2) is 23.3 Å². The number of rotatable bonds is 6. The Hall–Kier alpha value is -1.58. The summed E-state index contributed by atoms with van der Waals surface area (Å²) in [7, 11) is 1.71. The lowest BCUT2D eigenvalue weighted by Crippen LogP contribution is -2.46. The Morgan fingerprint density at radius 1 is 1.24 bits per heavy atom. The summed E-state index contributed by atoms with van der Waals surface area (Å²) in [5.74, 6) is 2.67. The molecule has 2 N–H and O–H groups in total. The van der Waals surface area contributed by atoms with Gasteiger partial charge in [0.05, 0.1) is 6.54 Å². The van der Waals surface area contributed by atoms with Crippen LogP contribution in [0.25, 0.3) is 0 Å². The van der Waals surface area contributed by atoms with Crippen molar-refractivity contribution in [2.24, 2.45) is 10.9 Å². The Labute approximate surface area is 191 Å². The number of nitrogens with zero attached hydrogens (tertiary/aromatic N) is 4. The van der Waals surface area contributed by atoms with Crippen LogP contribution in [0.4, 0.5) is 5.82 Å². The Kier molecular flexibility index (Phi) is 9.96. The van der Waals surface area contributed by atoms with Crippen molar-refractivity contribution in [2.75, 3.05) is 44.7 Å². The molecule has 29 heavy (non-hydrogen) atoms. The van der Waals surface area contributed by atoms with Gasteiger partial charge in [-0.05, 0) is 56.2 Å². The van der Waals surface area contributed by atoms with Crippen molar-refractivity contribution < 1.29 is 4.79 Å². The molecule has 0 atom stereocenters. The van der Waals surface area contributed by atoms with Gasteiger partial charge in [-0.15, -0.1) is 24.0 Å². The van der Waals surface area contributed by atoms with Gasteiger partial charge >= 0.3 is 0 Å². The van der Waals surface area contributed by atoms with E-state index < -0.39 is 0 Å². The van der Waals surface area contributed by atoms with Crippen LogP contribution in [0.1, 0.15) is 44.6 Å². The highest BCUT2D eigenvalue weighted by Crippen LogP contribution is 2.21. The lowest BCUT2D eigenvalue weighted by atomic mass is 9.93. The summed E-state index contributed by atoms with van der Waals surface area (Å²) in [6.45, 7) is 7.72. The fourth-order valence-corrected chi connectivity index (χ4v) is 3.98. The molecule has 2 aliphatic heterocycles. The van der Waals surface area contributed by atoms with Crippen LogP contribution in [0, 0.1) is 5.92 Å². The van der Waals surface area contributed by atoms with E-state index in [0.29, 0.717) is 18.9 Å². The molecule has 8 heteroatoms. The second-order valence-corrected chi connectivity index (χ2v) is 7.69. The average molecular weight is 514 g/mol. The fraction of sp³-hybridized carbons (Fsp3) is 0.667. The average Bonchev–Trinajstić information content (AvgIpc) is 3.27. The normalized spacial score (nSPS) is 17.8. The first-order valence-corrected chi connectivity index (χ1v) is 10.6. The van der Waals surface area contributed by atoms with Crippen LogP contribution >= 0.6 is 24.0 Å². The standard InChI is InChI=1S/C21H34N6O.HI/c1-3-23-21(27-12-7-17(8-13-27)15-20(28)22-2)25-16-18-6-9-24-19(14-18)26-10-4-5-11-26;/h6,9,14,17H,3-5,7-8,10-13,15-16H2,1-2H3,(H,22,28)(H,23,25);1H. The second-order valence-electron chi connectivity index (χ2n) is 7.69. The van der Waals surface area contributed by atoms with Gasteiger partial charge in [0, 0.05) is 52.4 Å². The highest BCUT2D eigenvalue weighted by Gasteiger charge is 2.23. The molecule has 0 aliphatic carbocycles. The van der Waals surface area contributed by atoms with E-state index in [9.17, 15) is 4.79 Å². The molecule has 1 aromatic heterocycles. The summed E-state index contributed by atoms with van der Waals surface area (Å²) in [6, 6.07) is 4.23. The highest BCUT2D eigenvalue weighted by molar-refractivity contribution is 14.0. The molecular formula is C21H35IN6O. The zero-order valence-corrected chi connectivity index (χ0v) is 20.0. The van der Waals surface area contributed by atoms with Gasteiger partial charge in [0.1, 0.15) is 5.82 Å². The molecule has 0 unspecified atom stereocenters. The quantitative estimate of drug-likeness (QED) is 0.347. The number of carbonyl (C=O) groups excluding carboxylic acids is 1. The SMILES string of the molecule is CCNC(=NCc1ccnc(N2CCCC2)c1)N1CCC(CC(=O)NC)CC1.I. The first-order valence-electron chi connectivity index (χ1n) is 10.6. The lowest BCUT2D eigenvalue weighted by molar-refractivity contribution is -0.121. The van der Waals surface area contributed by atoms with Gasteiger partial charge in [-0.1, -0.05) is 0 Å². The van der Waals surface area contributed by atoms with Gasteiger partial charge in [0.2, 0.25) is 5.91 Å². The first-order chi connectivity index (χ1) is 13.7. The number of amides is 1. The monoisotopic (exact) mass is 514 g/mol. The van der Waals surface area contributed by atoms with Gasteiger partial charge in [-0.2, -0.15) is 0 Å². The van der Waals surface area contributed by atoms with Crippen molar-refractivity contribution in [3.8, 4) is 0 Å². The third-order valence-corrected chi connectivity index (χ3v) is 5.65. The number of aromatic nitrogens is 1. The maximum Gasteiger partial charge on any atom is 0.220 e. The van der Waals surface area contributed by atoms with Crippen LogP contribution in [0.3, 0.4) is 0 Å². The lowest BCUT2D eigenvalue weighted by Gasteiger charge is -2.34. The molecule has 0 spiro atoms. The minimum absolute atomic E-state index is 0. The van der Waals surface area contributed by atoms with Gasteiger partial charge in [0.15, 0.2) is 5.96 Å². The van der Waals surface area contributed by atoms with E-state index in [4.69, 9.17) is 4.99 Å². The number of hydrogen-bond donors (Lipinski definition) is 2. The summed E-state index contributed by atoms with van der Waals surface area (Å²) >= 11 is 0. The summed E-state index contributed by atoms with van der Waals surface area (Å²) in [6.07, 6.45) is 7.11. The second kappa shape index (κ2) is 12.2. The number of anilines is 1. The minimum atomic E-state index is 0. The Morgan fingerprint density at radius 2 is 1.97 bits per heavy atom. The maximum atomic E-state index is 11.6. The van der Waals surface area contributed by atoms with E-state index in [1.54, 1.807) is 7.05 Å². The molecule has 1 aromatic rings. The number of halogens is 1. The number of piperidine rings is 1. The minimum Gasteiger partial charge on any atom is -0.359 e. The van der Waals surface area contributed by atoms with Crippen LogP contribution in [-0.4, -0.2) is 61.5 Å². The van der Waals surface area contributed by atoms with Crippen molar-refractivity contribution in [3.63, 3.8) is 0 Å². The van der Waals surface area contributed by atoms with E-state index in [2.05, 4.69) is 44.5 Å². The maximum absolute atomic E-state index is 11.6. The molecule has 0 aromatic carbocycles. The molecule has 0 saturated carbocycles. The number of likely N-dealkylation sites (tertiary alicyclic amines) is 1. The summed E-state index contributed by atoms with van der Waals surface area (Å²) in [5.41, 5.74) is 1.20. The van der Waals surface area contributed by atoms with Crippen LogP contribution in [-0.2, 0) is 11.3 Å². The third kappa shape index (κ3) is 7.01. The van der Waals surface area contributed by atoms with E-state index in [0.717, 1.165) is 57.3 Å². The number of nitrogens with one attached hydrogen (secondary N) is 2. The number of carbonyl (C=O) groups is 1. The van der Waals surface area contributed by atoms with E-state index in [1.165, 1.54) is 18.4 Å². The Morgan fingerprint density at radius 3 is 2.62 bits per heavy atom. The number of guanidine groups is 1. The molecule has 2 aliphatic rings. The molecule has 0 radical (unpaired) electrons. The summed E-state index contributed by atoms with van der Waals surface area (Å²) in [4.78, 5) is 25.7. The Bertz CT molecular complexity index is 669. The molecule has 1 amide bonds. The molecule has 7 nitrogen and oxygen atoms in total. The zero-order valence-electron chi connectivity index (χ0n) is 17.7. The number of pyridine rings is 1. The van der Waals surface area contributed by atoms with Crippen molar-refractivity contribution in [2.45, 2.75) is 45.6 Å². The van der Waals surface area contributed by atoms with E-state index in [-0.39, 0.29) is 29.9 Å². The predicted octanol–water partition coefficient (Wildman–Crippen LogP) is 2.61. The summed E-state index contributed by atoms with van der Waals surface area (Å²) < 4.78 is 0. The Balaban J connectivity index is 0.00000300. The fourth-order valence-electron chi connectivity index (χ4n) is 3.98. The van der Waals surface area contributed by atoms with Crippen molar-refractivity contribution in [1.29, 1.82) is 0 Å². The number of hydrogen-bond acceptors (Lipinski definition) is 4. The van der Waals surface area contributed by atoms with Gasteiger partial charge in [-0.25, -0.2) is 9.98 Å². The van der Waals surface area contributed by atoms with Gasteiger partial charge in [0.25, 0.3) is 0 Å². The molecule has 2 saturated heterocycles. The van der Waals surface area contributed by atoms with E-state index in [1.807, 2.05) is 6.20 Å². The van der Waals surface area contributed by atoms with Crippen LogP contribution in [0.2, 0.25) is 0 Å². The van der Waals surface area contributed by atoms with Crippen molar-refractivity contribution in [1.82, 2.24) is 20.5 Å². The van der Waals surface area contributed by atoms with Crippen molar-refractivity contribution >= 4 is 41.7 Å². The van der Waals surface area contributed by atoms with Crippen LogP contribution in [0.5, 0.6) is 0 Å². The highest BCUT2D eigenvalue weighted by atomic mass is 127. The molecule has 2 fully saturated rings. The van der Waals surface area contributed by atoms with Gasteiger partial charge < -0.3 is 20.4 Å². The van der Waals surface area contributed by atoms with E-state index >= 15 is 0 Å². The van der Waals surface area contributed by atoms with Gasteiger partial charge in [-0.3, -0.25) is 4.79 Å². The molecule has 3 heterocycles. The predicted molar refractivity (Wildman–Crippen MR) is 129 cm³/mol. The first kappa shape index (κ1) is 23.7.